The largest absolute Gasteiger partial charge is 0.374 e. The number of anilines is 1. The first-order valence-corrected chi connectivity index (χ1v) is 8.19. The Kier molecular flexibility index (Phi) is 3.28. The summed E-state index contributed by atoms with van der Waals surface area (Å²) in [5, 5.41) is 20.0. The van der Waals surface area contributed by atoms with Crippen molar-refractivity contribution in [2.45, 2.75) is 25.9 Å². The fourth-order valence-corrected chi connectivity index (χ4v) is 3.46. The molecular formula is C20H17N3O2. The van der Waals surface area contributed by atoms with Crippen LogP contribution in [0, 0.1) is 25.2 Å². The number of nitriles is 1. The predicted octanol–water partition coefficient (Wildman–Crippen LogP) is 3.04. The molecule has 1 fully saturated rings. The molecule has 2 aromatic carbocycles. The minimum Gasteiger partial charge on any atom is -0.374 e. The van der Waals surface area contributed by atoms with Gasteiger partial charge in [0.15, 0.2) is 5.60 Å². The normalized spacial score (nSPS) is 21.4. The fraction of sp³-hybridized carbons (Fsp3) is 0.250. The lowest BCUT2D eigenvalue weighted by molar-refractivity contribution is 0.0602. The van der Waals surface area contributed by atoms with E-state index in [1.54, 1.807) is 12.1 Å². The third-order valence-electron chi connectivity index (χ3n) is 5.09. The Morgan fingerprint density at radius 3 is 2.56 bits per heavy atom. The first-order valence-electron chi connectivity index (χ1n) is 8.19. The number of rotatable bonds is 1. The average Bonchev–Trinajstić information content (AvgIpc) is 2.95. The summed E-state index contributed by atoms with van der Waals surface area (Å²) in [5.41, 5.74) is 2.96. The quantitative estimate of drug-likeness (QED) is 0.871. The van der Waals surface area contributed by atoms with Gasteiger partial charge in [0, 0.05) is 24.2 Å². The van der Waals surface area contributed by atoms with E-state index in [4.69, 9.17) is 5.26 Å². The van der Waals surface area contributed by atoms with Crippen LogP contribution in [0.25, 0.3) is 0 Å². The van der Waals surface area contributed by atoms with Gasteiger partial charge >= 0.3 is 0 Å². The molecule has 1 N–H and O–H groups in total. The monoisotopic (exact) mass is 331 g/mol. The number of amidine groups is 1. The minimum atomic E-state index is -1.58. The maximum absolute atomic E-state index is 13.0. The number of aliphatic imine (C=N–C) groups is 1. The Balaban J connectivity index is 1.84. The highest BCUT2D eigenvalue weighted by Crippen LogP contribution is 2.40. The van der Waals surface area contributed by atoms with Gasteiger partial charge in [0.1, 0.15) is 5.84 Å². The predicted molar refractivity (Wildman–Crippen MR) is 95.4 cm³/mol. The number of fused-ring (bicyclic) bond motifs is 2. The van der Waals surface area contributed by atoms with Gasteiger partial charge < -0.3 is 10.0 Å². The number of benzene rings is 2. The van der Waals surface area contributed by atoms with Crippen LogP contribution in [0.5, 0.6) is 0 Å². The van der Waals surface area contributed by atoms with Crippen LogP contribution in [0.4, 0.5) is 11.4 Å². The van der Waals surface area contributed by atoms with E-state index < -0.39 is 5.60 Å². The highest BCUT2D eigenvalue weighted by Gasteiger charge is 2.52. The number of aliphatic hydroxyl groups is 1. The maximum Gasteiger partial charge on any atom is 0.204 e. The first-order chi connectivity index (χ1) is 11.9. The molecular weight excluding hydrogens is 314 g/mol. The number of carbonyl (C=O) groups excluding carboxylic acids is 1. The molecule has 124 valence electrons. The van der Waals surface area contributed by atoms with Crippen LogP contribution in [-0.4, -0.2) is 28.9 Å². The van der Waals surface area contributed by atoms with Gasteiger partial charge in [-0.15, -0.1) is 0 Å². The molecule has 5 nitrogen and oxygen atoms in total. The van der Waals surface area contributed by atoms with Gasteiger partial charge in [-0.25, -0.2) is 4.99 Å². The summed E-state index contributed by atoms with van der Waals surface area (Å²) in [4.78, 5) is 19.5. The second kappa shape index (κ2) is 5.27. The molecule has 2 aliphatic rings. The summed E-state index contributed by atoms with van der Waals surface area (Å²) in [6.45, 7) is 4.43. The van der Waals surface area contributed by atoms with E-state index in [9.17, 15) is 9.90 Å². The van der Waals surface area contributed by atoms with Crippen LogP contribution in [0.3, 0.4) is 0 Å². The number of Topliss-reactive ketones (excluding diaryl/α,β-unsaturated/α-hetero) is 1. The van der Waals surface area contributed by atoms with Crippen molar-refractivity contribution in [1.29, 1.82) is 5.26 Å². The highest BCUT2D eigenvalue weighted by atomic mass is 16.3. The van der Waals surface area contributed by atoms with Crippen LogP contribution < -0.4 is 4.90 Å². The molecule has 2 aliphatic heterocycles. The number of aryl methyl sites for hydroxylation is 2. The number of ketones is 1. The Labute approximate surface area is 145 Å². The van der Waals surface area contributed by atoms with E-state index >= 15 is 0 Å². The zero-order valence-corrected chi connectivity index (χ0v) is 14.1. The molecule has 0 amide bonds. The van der Waals surface area contributed by atoms with E-state index in [0.717, 1.165) is 16.8 Å². The maximum atomic E-state index is 13.0. The third-order valence-corrected chi connectivity index (χ3v) is 5.09. The molecule has 0 radical (unpaired) electrons. The number of hydrogen-bond acceptors (Lipinski definition) is 5. The smallest absolute Gasteiger partial charge is 0.204 e. The lowest BCUT2D eigenvalue weighted by Crippen LogP contribution is -2.48. The summed E-state index contributed by atoms with van der Waals surface area (Å²) >= 11 is 0. The zero-order chi connectivity index (χ0) is 17.8. The van der Waals surface area contributed by atoms with Gasteiger partial charge in [-0.1, -0.05) is 0 Å². The summed E-state index contributed by atoms with van der Waals surface area (Å²) in [6.07, 6.45) is 0.303. The summed E-state index contributed by atoms with van der Waals surface area (Å²) in [5.74, 6) is 0.0877. The summed E-state index contributed by atoms with van der Waals surface area (Å²) in [7, 11) is 0. The first kappa shape index (κ1) is 15.6. The van der Waals surface area contributed by atoms with Crippen LogP contribution in [0.2, 0.25) is 0 Å². The topological polar surface area (TPSA) is 76.7 Å². The van der Waals surface area contributed by atoms with Crippen molar-refractivity contribution >= 4 is 23.0 Å². The van der Waals surface area contributed by atoms with Gasteiger partial charge in [-0.2, -0.15) is 5.26 Å². The average molecular weight is 331 g/mol. The number of nitrogens with zero attached hydrogens (tertiary/aromatic N) is 3. The van der Waals surface area contributed by atoms with Crippen molar-refractivity contribution in [3.8, 4) is 6.07 Å². The van der Waals surface area contributed by atoms with Crippen molar-refractivity contribution in [3.63, 3.8) is 0 Å². The van der Waals surface area contributed by atoms with Crippen molar-refractivity contribution in [2.24, 2.45) is 4.99 Å². The van der Waals surface area contributed by atoms with E-state index in [0.29, 0.717) is 35.6 Å². The third kappa shape index (κ3) is 2.19. The highest BCUT2D eigenvalue weighted by molar-refractivity contribution is 6.28. The molecule has 0 saturated carbocycles. The Morgan fingerprint density at radius 2 is 1.88 bits per heavy atom. The van der Waals surface area contributed by atoms with Crippen molar-refractivity contribution in [3.05, 3.63) is 58.7 Å². The van der Waals surface area contributed by atoms with Crippen LogP contribution >= 0.6 is 0 Å². The summed E-state index contributed by atoms with van der Waals surface area (Å²) < 4.78 is 0. The molecule has 2 heterocycles. The Morgan fingerprint density at radius 1 is 1.20 bits per heavy atom. The number of hydrogen-bond donors (Lipinski definition) is 1. The standard InChI is InChI=1S/C20H17N3O2/c1-12-9-16-17(10-13(12)2)22-19-20(25,18(16)24)7-8-23(19)15-5-3-14(11-21)4-6-15/h3-6,9-10,25H,7-8H2,1-2H3. The zero-order valence-electron chi connectivity index (χ0n) is 14.1. The van der Waals surface area contributed by atoms with E-state index in [2.05, 4.69) is 11.1 Å². The van der Waals surface area contributed by atoms with Crippen LogP contribution in [0.15, 0.2) is 41.4 Å². The van der Waals surface area contributed by atoms with Crippen LogP contribution in [0.1, 0.15) is 33.5 Å². The van der Waals surface area contributed by atoms with Crippen molar-refractivity contribution < 1.29 is 9.90 Å². The lowest BCUT2D eigenvalue weighted by atomic mass is 9.86. The fourth-order valence-electron chi connectivity index (χ4n) is 3.46. The van der Waals surface area contributed by atoms with E-state index in [1.165, 1.54) is 0 Å². The van der Waals surface area contributed by atoms with Crippen molar-refractivity contribution in [1.82, 2.24) is 0 Å². The van der Waals surface area contributed by atoms with Crippen LogP contribution in [-0.2, 0) is 0 Å². The lowest BCUT2D eigenvalue weighted by Gasteiger charge is -2.30. The van der Waals surface area contributed by atoms with Gasteiger partial charge in [0.05, 0.1) is 17.3 Å². The summed E-state index contributed by atoms with van der Waals surface area (Å²) in [6, 6.07) is 12.9. The minimum absolute atomic E-state index is 0.285. The molecule has 5 heteroatoms. The SMILES string of the molecule is Cc1cc2c(cc1C)C(=O)C1(O)CCN(c3ccc(C#N)cc3)C1=N2. The second-order valence-electron chi connectivity index (χ2n) is 6.64. The second-order valence-corrected chi connectivity index (χ2v) is 6.64. The molecule has 0 bridgehead atoms. The molecule has 0 spiro atoms. The van der Waals surface area contributed by atoms with Gasteiger partial charge in [0.2, 0.25) is 5.78 Å². The molecule has 0 aliphatic carbocycles. The van der Waals surface area contributed by atoms with Gasteiger partial charge in [-0.05, 0) is 61.4 Å². The van der Waals surface area contributed by atoms with E-state index in [1.807, 2.05) is 43.0 Å². The number of carbonyl (C=O) groups is 1. The molecule has 2 aromatic rings. The van der Waals surface area contributed by atoms with Gasteiger partial charge in [-0.3, -0.25) is 4.79 Å². The Hall–Kier alpha value is -2.97. The molecule has 4 rings (SSSR count). The van der Waals surface area contributed by atoms with Gasteiger partial charge in [0.25, 0.3) is 0 Å². The molecule has 0 aromatic heterocycles. The molecule has 1 unspecified atom stereocenters. The Bertz CT molecular complexity index is 970. The molecule has 1 saturated heterocycles. The molecule has 25 heavy (non-hydrogen) atoms. The van der Waals surface area contributed by atoms with Crippen molar-refractivity contribution in [2.75, 3.05) is 11.4 Å². The molecule has 1 atom stereocenters. The van der Waals surface area contributed by atoms with E-state index in [-0.39, 0.29) is 5.78 Å².